The number of likely N-dealkylation sites (tertiary alicyclic amines) is 1. The van der Waals surface area contributed by atoms with Crippen LogP contribution in [0.5, 0.6) is 0 Å². The number of Topliss-reactive ketones (excluding diaryl/α,β-unsaturated/α-hetero) is 1. The number of ketones is 1. The van der Waals surface area contributed by atoms with Gasteiger partial charge in [-0.1, -0.05) is 29.8 Å². The molecule has 1 fully saturated rings. The Morgan fingerprint density at radius 2 is 2.00 bits per heavy atom. The van der Waals surface area contributed by atoms with Crippen LogP contribution in [0.25, 0.3) is 0 Å². The minimum atomic E-state index is -1.57. The van der Waals surface area contributed by atoms with Gasteiger partial charge in [0, 0.05) is 24.5 Å². The van der Waals surface area contributed by atoms with E-state index in [9.17, 15) is 19.5 Å². The first-order chi connectivity index (χ1) is 12.4. The van der Waals surface area contributed by atoms with Gasteiger partial charge in [-0.15, -0.1) is 0 Å². The largest absolute Gasteiger partial charge is 0.468 e. The van der Waals surface area contributed by atoms with Gasteiger partial charge in [0.05, 0.1) is 19.6 Å². The summed E-state index contributed by atoms with van der Waals surface area (Å²) in [6.45, 7) is 2.02. The second kappa shape index (κ2) is 10.7. The van der Waals surface area contributed by atoms with Crippen LogP contribution in [0.1, 0.15) is 24.9 Å². The minimum Gasteiger partial charge on any atom is -0.468 e. The van der Waals surface area contributed by atoms with Gasteiger partial charge in [0.25, 0.3) is 0 Å². The number of esters is 2. The topological polar surface area (TPSA) is 93.1 Å². The van der Waals surface area contributed by atoms with E-state index in [2.05, 4.69) is 0 Å². The van der Waals surface area contributed by atoms with Crippen molar-refractivity contribution in [1.82, 2.24) is 4.90 Å². The number of halogens is 1. The highest BCUT2D eigenvalue weighted by atomic mass is 35.5. The number of carbonyl (C=O) groups is 3. The van der Waals surface area contributed by atoms with Crippen molar-refractivity contribution >= 4 is 42.8 Å². The molecule has 1 aromatic rings. The number of benzene rings is 1. The van der Waals surface area contributed by atoms with Crippen molar-refractivity contribution in [3.63, 3.8) is 0 Å². The molecule has 0 radical (unpaired) electrons. The maximum atomic E-state index is 12.4. The molecule has 0 saturated carbocycles. The van der Waals surface area contributed by atoms with Gasteiger partial charge in [-0.05, 0) is 18.6 Å². The van der Waals surface area contributed by atoms with Crippen molar-refractivity contribution in [3.8, 4) is 0 Å². The van der Waals surface area contributed by atoms with E-state index in [4.69, 9.17) is 21.1 Å². The molecule has 1 heterocycles. The van der Waals surface area contributed by atoms with Crippen molar-refractivity contribution in [2.24, 2.45) is 5.92 Å². The fourth-order valence-electron chi connectivity index (χ4n) is 3.07. The summed E-state index contributed by atoms with van der Waals surface area (Å²) < 4.78 is 9.71. The van der Waals surface area contributed by atoms with Crippen LogP contribution in [0.15, 0.2) is 24.3 Å². The molecule has 2 unspecified atom stereocenters. The number of carbonyl (C=O) groups excluding carboxylic acids is 3. The maximum Gasteiger partial charge on any atom is 0.335 e. The number of hydrogen-bond acceptors (Lipinski definition) is 7. The molecule has 150 valence electrons. The Bertz CT molecular complexity index is 686. The summed E-state index contributed by atoms with van der Waals surface area (Å²) in [7, 11) is 1.27. The smallest absolute Gasteiger partial charge is 0.335 e. The van der Waals surface area contributed by atoms with Gasteiger partial charge in [0.15, 0.2) is 6.10 Å². The summed E-state index contributed by atoms with van der Waals surface area (Å²) in [5.74, 6) is -2.60. The van der Waals surface area contributed by atoms with E-state index in [1.807, 2.05) is 0 Å². The van der Waals surface area contributed by atoms with Crippen molar-refractivity contribution in [2.75, 3.05) is 26.8 Å². The van der Waals surface area contributed by atoms with E-state index in [0.29, 0.717) is 10.6 Å². The molecule has 0 bridgehead atoms. The van der Waals surface area contributed by atoms with E-state index >= 15 is 0 Å². The predicted octanol–water partition coefficient (Wildman–Crippen LogP) is 1.48. The standard InChI is InChI=1S/C18H22ClNO6.H2S/c1-3-26-18(24)16(22)12-10-20(9-8-14(12)21)15(17(23)25-2)11-6-4-5-7-13(11)19;/h4-7,12,15-16,22H,3,8-10H2,1-2H3;1H2/t12?,15-,16?;/m0./s1. The average molecular weight is 418 g/mol. The van der Waals surface area contributed by atoms with Crippen LogP contribution in [0, 0.1) is 5.92 Å². The van der Waals surface area contributed by atoms with Gasteiger partial charge in [-0.25, -0.2) is 9.59 Å². The van der Waals surface area contributed by atoms with Gasteiger partial charge in [-0.3, -0.25) is 9.69 Å². The van der Waals surface area contributed by atoms with Crippen molar-refractivity contribution in [2.45, 2.75) is 25.5 Å². The minimum absolute atomic E-state index is 0. The number of hydrogen-bond donors (Lipinski definition) is 1. The summed E-state index contributed by atoms with van der Waals surface area (Å²) in [5.41, 5.74) is 0.541. The Labute approximate surface area is 170 Å². The molecule has 0 aromatic heterocycles. The molecular formula is C18H24ClNO6S. The molecule has 0 aliphatic carbocycles. The summed E-state index contributed by atoms with van der Waals surface area (Å²) >= 11 is 6.23. The number of methoxy groups -OCH3 is 1. The molecule has 27 heavy (non-hydrogen) atoms. The number of nitrogens with zero attached hydrogens (tertiary/aromatic N) is 1. The molecule has 1 aliphatic rings. The van der Waals surface area contributed by atoms with E-state index in [0.717, 1.165) is 0 Å². The van der Waals surface area contributed by atoms with Gasteiger partial charge in [-0.2, -0.15) is 13.5 Å². The third-order valence-corrected chi connectivity index (χ3v) is 4.73. The van der Waals surface area contributed by atoms with Gasteiger partial charge < -0.3 is 14.6 Å². The first-order valence-corrected chi connectivity index (χ1v) is 8.72. The molecule has 1 saturated heterocycles. The predicted molar refractivity (Wildman–Crippen MR) is 104 cm³/mol. The molecular weight excluding hydrogens is 394 g/mol. The van der Waals surface area contributed by atoms with Crippen LogP contribution >= 0.6 is 25.1 Å². The molecule has 2 rings (SSSR count). The number of piperidine rings is 1. The zero-order chi connectivity index (χ0) is 19.3. The fourth-order valence-corrected chi connectivity index (χ4v) is 3.31. The second-order valence-electron chi connectivity index (χ2n) is 5.96. The lowest BCUT2D eigenvalue weighted by Gasteiger charge is -2.37. The summed E-state index contributed by atoms with van der Waals surface area (Å²) in [6, 6.07) is 6.02. The number of ether oxygens (including phenoxy) is 2. The number of aliphatic hydroxyl groups is 1. The molecule has 1 N–H and O–H groups in total. The molecule has 0 amide bonds. The zero-order valence-corrected chi connectivity index (χ0v) is 16.9. The van der Waals surface area contributed by atoms with E-state index in [1.165, 1.54) is 7.11 Å². The van der Waals surface area contributed by atoms with Gasteiger partial charge in [0.2, 0.25) is 0 Å². The van der Waals surface area contributed by atoms with Crippen molar-refractivity contribution in [1.29, 1.82) is 0 Å². The second-order valence-corrected chi connectivity index (χ2v) is 6.37. The lowest BCUT2D eigenvalue weighted by atomic mass is 9.89. The SMILES string of the molecule is CCOC(=O)C(O)C1CN([C@H](C(=O)OC)c2ccccc2Cl)CCC1=O.S. The first kappa shape index (κ1) is 23.4. The van der Waals surface area contributed by atoms with E-state index in [-0.39, 0.29) is 45.4 Å². The Morgan fingerprint density at radius 1 is 1.33 bits per heavy atom. The van der Waals surface area contributed by atoms with Crippen LogP contribution < -0.4 is 0 Å². The Kier molecular flexibility index (Phi) is 9.25. The third kappa shape index (κ3) is 5.44. The van der Waals surface area contributed by atoms with Gasteiger partial charge >= 0.3 is 11.9 Å². The Morgan fingerprint density at radius 3 is 2.59 bits per heavy atom. The third-order valence-electron chi connectivity index (χ3n) is 4.39. The molecule has 7 nitrogen and oxygen atoms in total. The van der Waals surface area contributed by atoms with Crippen LogP contribution in [-0.2, 0) is 23.9 Å². The normalized spacial score (nSPS) is 19.6. The molecule has 0 spiro atoms. The quantitative estimate of drug-likeness (QED) is 0.700. The van der Waals surface area contributed by atoms with Crippen LogP contribution in [0.2, 0.25) is 5.02 Å². The highest BCUT2D eigenvalue weighted by Crippen LogP contribution is 2.32. The zero-order valence-electron chi connectivity index (χ0n) is 15.2. The van der Waals surface area contributed by atoms with Crippen LogP contribution in [0.3, 0.4) is 0 Å². The van der Waals surface area contributed by atoms with Crippen molar-refractivity contribution < 1.29 is 29.0 Å². The molecule has 1 aromatic carbocycles. The summed E-state index contributed by atoms with van der Waals surface area (Å²) in [6.07, 6.45) is -1.48. The van der Waals surface area contributed by atoms with Crippen LogP contribution in [-0.4, -0.2) is 60.6 Å². The van der Waals surface area contributed by atoms with E-state index in [1.54, 1.807) is 36.1 Å². The molecule has 1 aliphatic heterocycles. The Hall–Kier alpha value is -1.61. The molecule has 3 atom stereocenters. The highest BCUT2D eigenvalue weighted by Gasteiger charge is 2.41. The van der Waals surface area contributed by atoms with Crippen molar-refractivity contribution in [3.05, 3.63) is 34.9 Å². The van der Waals surface area contributed by atoms with E-state index < -0.39 is 30.0 Å². The number of aliphatic hydroxyl groups excluding tert-OH is 1. The fraction of sp³-hybridized carbons (Fsp3) is 0.500. The van der Waals surface area contributed by atoms with Crippen LogP contribution in [0.4, 0.5) is 0 Å². The average Bonchev–Trinajstić information content (AvgIpc) is 2.64. The maximum absolute atomic E-state index is 12.4. The number of rotatable bonds is 6. The highest BCUT2D eigenvalue weighted by molar-refractivity contribution is 7.59. The summed E-state index contributed by atoms with van der Waals surface area (Å²) in [4.78, 5) is 38.1. The lowest BCUT2D eigenvalue weighted by molar-refractivity contribution is -0.162. The first-order valence-electron chi connectivity index (χ1n) is 8.34. The molecule has 9 heteroatoms. The Balaban J connectivity index is 0.00000364. The monoisotopic (exact) mass is 417 g/mol. The summed E-state index contributed by atoms with van der Waals surface area (Å²) in [5, 5.41) is 10.6. The van der Waals surface area contributed by atoms with Gasteiger partial charge in [0.1, 0.15) is 11.8 Å². The lowest BCUT2D eigenvalue weighted by Crippen LogP contribution is -2.51.